The highest BCUT2D eigenvalue weighted by atomic mass is 32.2. The molecular formula is C18H13N5O4S. The summed E-state index contributed by atoms with van der Waals surface area (Å²) in [5, 5.41) is 25.8. The van der Waals surface area contributed by atoms with Crippen molar-refractivity contribution in [3.63, 3.8) is 0 Å². The highest BCUT2D eigenvalue weighted by Crippen LogP contribution is 2.31. The van der Waals surface area contributed by atoms with E-state index in [0.717, 1.165) is 5.56 Å². The van der Waals surface area contributed by atoms with Crippen molar-refractivity contribution in [2.45, 2.75) is 13.8 Å². The van der Waals surface area contributed by atoms with E-state index in [-0.39, 0.29) is 17.1 Å². The Labute approximate surface area is 163 Å². The molecule has 3 heterocycles. The molecule has 2 aliphatic rings. The first kappa shape index (κ1) is 17.9. The van der Waals surface area contributed by atoms with Crippen LogP contribution in [0.5, 0.6) is 0 Å². The van der Waals surface area contributed by atoms with E-state index in [4.69, 9.17) is 9.83 Å². The molecule has 0 aliphatic carbocycles. The molecule has 0 radical (unpaired) electrons. The molecule has 0 saturated heterocycles. The van der Waals surface area contributed by atoms with Gasteiger partial charge in [-0.15, -0.1) is 0 Å². The second-order valence-corrected chi connectivity index (χ2v) is 7.26. The first-order valence-corrected chi connectivity index (χ1v) is 8.97. The van der Waals surface area contributed by atoms with Crippen LogP contribution in [-0.4, -0.2) is 31.9 Å². The minimum absolute atomic E-state index is 0.0391. The number of nitrogens with one attached hydrogen (secondary N) is 1. The molecule has 140 valence electrons. The maximum Gasteiger partial charge on any atom is 0.283 e. The van der Waals surface area contributed by atoms with Gasteiger partial charge in [0.15, 0.2) is 5.84 Å². The Morgan fingerprint density at radius 3 is 2.82 bits per heavy atom. The van der Waals surface area contributed by atoms with E-state index in [0.29, 0.717) is 27.3 Å². The fourth-order valence-electron chi connectivity index (χ4n) is 2.79. The van der Waals surface area contributed by atoms with Crippen molar-refractivity contribution in [1.29, 1.82) is 5.41 Å². The van der Waals surface area contributed by atoms with E-state index in [9.17, 15) is 14.9 Å². The summed E-state index contributed by atoms with van der Waals surface area (Å²) in [6.45, 7) is 3.59. The van der Waals surface area contributed by atoms with Gasteiger partial charge in [-0.05, 0) is 49.4 Å². The van der Waals surface area contributed by atoms with Crippen LogP contribution in [0.4, 0.5) is 5.69 Å². The number of amidine groups is 2. The summed E-state index contributed by atoms with van der Waals surface area (Å²) in [4.78, 5) is 26.8. The summed E-state index contributed by atoms with van der Waals surface area (Å²) >= 11 is 1.23. The van der Waals surface area contributed by atoms with Crippen LogP contribution < -0.4 is 0 Å². The fourth-order valence-corrected chi connectivity index (χ4v) is 3.53. The quantitative estimate of drug-likeness (QED) is 0.479. The van der Waals surface area contributed by atoms with Gasteiger partial charge in [0.2, 0.25) is 5.17 Å². The summed E-state index contributed by atoms with van der Waals surface area (Å²) in [5.74, 6) is 0.139. The van der Waals surface area contributed by atoms with Gasteiger partial charge < -0.3 is 4.42 Å². The first-order valence-electron chi connectivity index (χ1n) is 8.15. The van der Waals surface area contributed by atoms with Crippen LogP contribution in [0.2, 0.25) is 0 Å². The van der Waals surface area contributed by atoms with Gasteiger partial charge >= 0.3 is 0 Å². The number of carbonyl (C=O) groups excluding carboxylic acids is 1. The number of rotatable bonds is 3. The summed E-state index contributed by atoms with van der Waals surface area (Å²) in [6.07, 6.45) is 1.43. The average Bonchev–Trinajstić information content (AvgIpc) is 3.25. The summed E-state index contributed by atoms with van der Waals surface area (Å²) in [5.41, 5.74) is 1.41. The number of aryl methyl sites for hydroxylation is 1. The number of furan rings is 1. The van der Waals surface area contributed by atoms with Gasteiger partial charge in [-0.2, -0.15) is 15.1 Å². The van der Waals surface area contributed by atoms with Crippen molar-refractivity contribution >= 4 is 45.5 Å². The number of nitro groups is 1. The third kappa shape index (κ3) is 3.03. The van der Waals surface area contributed by atoms with Crippen molar-refractivity contribution in [2.75, 3.05) is 0 Å². The third-order valence-electron chi connectivity index (χ3n) is 4.17. The van der Waals surface area contributed by atoms with E-state index >= 15 is 0 Å². The monoisotopic (exact) mass is 395 g/mol. The second kappa shape index (κ2) is 6.57. The lowest BCUT2D eigenvalue weighted by Gasteiger charge is -2.19. The maximum atomic E-state index is 12.3. The Balaban J connectivity index is 1.69. The zero-order valence-corrected chi connectivity index (χ0v) is 15.6. The fraction of sp³-hybridized carbons (Fsp3) is 0.111. The first-order chi connectivity index (χ1) is 13.3. The van der Waals surface area contributed by atoms with E-state index in [2.05, 4.69) is 10.1 Å². The van der Waals surface area contributed by atoms with Crippen LogP contribution >= 0.6 is 11.8 Å². The number of hydrogen-bond acceptors (Lipinski definition) is 7. The molecule has 1 aromatic heterocycles. The number of carbonyl (C=O) groups is 1. The summed E-state index contributed by atoms with van der Waals surface area (Å²) in [7, 11) is 0. The number of fused-ring (bicyclic) bond motifs is 1. The molecule has 2 aliphatic heterocycles. The molecule has 0 spiro atoms. The SMILES string of the molecule is CC1=NN2C(=N)/C(=C\c3ccc(-c4cc([N+](=O)[O-])ccc4C)o3)C(=O)N=C2S1. The zero-order valence-electron chi connectivity index (χ0n) is 14.8. The van der Waals surface area contributed by atoms with Crippen LogP contribution in [0.3, 0.4) is 0 Å². The standard InChI is InChI=1S/C18H13N5O4S/c1-9-3-4-11(23(25)26)7-13(9)15-6-5-12(27-15)8-14-16(19)22-18(20-17(14)24)28-10(2)21-22/h3-8,19H,1-2H3/b14-8+,19-16?. The zero-order chi connectivity index (χ0) is 20.0. The largest absolute Gasteiger partial charge is 0.457 e. The van der Waals surface area contributed by atoms with Crippen molar-refractivity contribution < 1.29 is 14.1 Å². The summed E-state index contributed by atoms with van der Waals surface area (Å²) in [6, 6.07) is 7.81. The lowest BCUT2D eigenvalue weighted by Crippen LogP contribution is -2.35. The Morgan fingerprint density at radius 2 is 2.07 bits per heavy atom. The normalized spacial score (nSPS) is 17.6. The topological polar surface area (TPSA) is 125 Å². The summed E-state index contributed by atoms with van der Waals surface area (Å²) < 4.78 is 5.76. The van der Waals surface area contributed by atoms with E-state index in [1.807, 2.05) is 6.92 Å². The van der Waals surface area contributed by atoms with Crippen LogP contribution in [0, 0.1) is 22.4 Å². The molecule has 2 aromatic rings. The number of benzene rings is 1. The van der Waals surface area contributed by atoms with Gasteiger partial charge in [0.25, 0.3) is 11.6 Å². The number of non-ortho nitro benzene ring substituents is 1. The minimum Gasteiger partial charge on any atom is -0.457 e. The van der Waals surface area contributed by atoms with E-state index in [1.165, 1.54) is 35.0 Å². The van der Waals surface area contributed by atoms with Crippen molar-refractivity contribution in [3.05, 3.63) is 57.3 Å². The van der Waals surface area contributed by atoms with Gasteiger partial charge in [0.1, 0.15) is 11.5 Å². The van der Waals surface area contributed by atoms with Crippen LogP contribution in [0.1, 0.15) is 18.2 Å². The molecule has 1 aromatic carbocycles. The Kier molecular flexibility index (Phi) is 4.19. The van der Waals surface area contributed by atoms with E-state index in [1.54, 1.807) is 25.1 Å². The predicted molar refractivity (Wildman–Crippen MR) is 106 cm³/mol. The molecule has 9 nitrogen and oxygen atoms in total. The molecule has 1 amide bonds. The van der Waals surface area contributed by atoms with Crippen molar-refractivity contribution in [2.24, 2.45) is 10.1 Å². The van der Waals surface area contributed by atoms with Crippen LogP contribution in [-0.2, 0) is 4.79 Å². The highest BCUT2D eigenvalue weighted by Gasteiger charge is 2.34. The molecule has 0 unspecified atom stereocenters. The molecule has 0 fully saturated rings. The van der Waals surface area contributed by atoms with E-state index < -0.39 is 10.8 Å². The molecule has 0 saturated carbocycles. The highest BCUT2D eigenvalue weighted by molar-refractivity contribution is 8.26. The molecule has 10 heteroatoms. The van der Waals surface area contributed by atoms with Gasteiger partial charge in [-0.1, -0.05) is 6.07 Å². The van der Waals surface area contributed by atoms with Gasteiger partial charge in [0, 0.05) is 17.7 Å². The molecule has 28 heavy (non-hydrogen) atoms. The predicted octanol–water partition coefficient (Wildman–Crippen LogP) is 3.80. The van der Waals surface area contributed by atoms with Gasteiger partial charge in [0.05, 0.1) is 15.5 Å². The maximum absolute atomic E-state index is 12.3. The number of amides is 1. The number of hydrogen-bond donors (Lipinski definition) is 1. The molecular weight excluding hydrogens is 382 g/mol. The van der Waals surface area contributed by atoms with Gasteiger partial charge in [-0.25, -0.2) is 0 Å². The lowest BCUT2D eigenvalue weighted by atomic mass is 10.1. The lowest BCUT2D eigenvalue weighted by molar-refractivity contribution is -0.384. The second-order valence-electron chi connectivity index (χ2n) is 6.10. The third-order valence-corrected chi connectivity index (χ3v) is 4.99. The average molecular weight is 395 g/mol. The minimum atomic E-state index is -0.543. The van der Waals surface area contributed by atoms with Crippen LogP contribution in [0.15, 0.2) is 50.4 Å². The Hall–Kier alpha value is -3.53. The molecule has 4 rings (SSSR count). The smallest absolute Gasteiger partial charge is 0.283 e. The van der Waals surface area contributed by atoms with Crippen molar-refractivity contribution in [1.82, 2.24) is 5.01 Å². The van der Waals surface area contributed by atoms with Crippen molar-refractivity contribution in [3.8, 4) is 11.3 Å². The van der Waals surface area contributed by atoms with Crippen LogP contribution in [0.25, 0.3) is 17.4 Å². The Morgan fingerprint density at radius 1 is 1.29 bits per heavy atom. The number of nitro benzene ring substituents is 1. The van der Waals surface area contributed by atoms with Gasteiger partial charge in [-0.3, -0.25) is 20.3 Å². The molecule has 1 N–H and O–H groups in total. The molecule has 0 atom stereocenters. The number of thioether (sulfide) groups is 1. The number of nitrogens with zero attached hydrogens (tertiary/aromatic N) is 4. The molecule has 0 bridgehead atoms. The number of aliphatic imine (C=N–C) groups is 1. The number of hydrazone groups is 1. The Bertz CT molecular complexity index is 1140.